The molecular weight excluding hydrogens is 152 g/mol. The van der Waals surface area contributed by atoms with E-state index in [1.165, 1.54) is 32.1 Å². The van der Waals surface area contributed by atoms with Crippen LogP contribution in [0.3, 0.4) is 0 Å². The van der Waals surface area contributed by atoms with Crippen molar-refractivity contribution in [1.29, 1.82) is 0 Å². The van der Waals surface area contributed by atoms with Crippen molar-refractivity contribution in [2.24, 2.45) is 0 Å². The maximum absolute atomic E-state index is 5.70. The van der Waals surface area contributed by atoms with E-state index < -0.39 is 0 Å². The Morgan fingerprint density at radius 2 is 2.08 bits per heavy atom. The molecule has 0 aromatic carbocycles. The zero-order valence-corrected chi connectivity index (χ0v) is 7.84. The van der Waals surface area contributed by atoms with Crippen molar-refractivity contribution in [3.8, 4) is 0 Å². The van der Waals surface area contributed by atoms with Crippen molar-refractivity contribution in [3.05, 3.63) is 0 Å². The Balaban J connectivity index is 1.91. The highest BCUT2D eigenvalue weighted by molar-refractivity contribution is 4.98. The monoisotopic (exact) mass is 170 g/mol. The van der Waals surface area contributed by atoms with Crippen LogP contribution >= 0.6 is 0 Å². The van der Waals surface area contributed by atoms with Crippen molar-refractivity contribution in [1.82, 2.24) is 0 Å². The van der Waals surface area contributed by atoms with Gasteiger partial charge in [-0.25, -0.2) is 0 Å². The molecule has 1 unspecified atom stereocenters. The summed E-state index contributed by atoms with van der Waals surface area (Å²) < 4.78 is 11.3. The minimum absolute atomic E-state index is 0.147. The highest BCUT2D eigenvalue weighted by Gasteiger charge is 2.49. The molecule has 0 amide bonds. The molecular formula is C10H18O2. The van der Waals surface area contributed by atoms with Gasteiger partial charge in [-0.1, -0.05) is 19.3 Å². The second kappa shape index (κ2) is 3.35. The molecule has 1 saturated heterocycles. The van der Waals surface area contributed by atoms with Crippen LogP contribution in [0.2, 0.25) is 0 Å². The lowest BCUT2D eigenvalue weighted by atomic mass is 9.77. The zero-order valence-electron chi connectivity index (χ0n) is 7.84. The van der Waals surface area contributed by atoms with Gasteiger partial charge in [0.25, 0.3) is 0 Å². The van der Waals surface area contributed by atoms with Crippen molar-refractivity contribution in [2.75, 3.05) is 13.2 Å². The first-order valence-corrected chi connectivity index (χ1v) is 5.13. The predicted octanol–water partition coefficient (Wildman–Crippen LogP) is 2.12. The van der Waals surface area contributed by atoms with Crippen LogP contribution in [-0.2, 0) is 9.47 Å². The van der Waals surface area contributed by atoms with Crippen molar-refractivity contribution < 1.29 is 9.47 Å². The summed E-state index contributed by atoms with van der Waals surface area (Å²) >= 11 is 0. The molecule has 0 aromatic heterocycles. The topological polar surface area (TPSA) is 18.5 Å². The number of ether oxygens (including phenoxy) is 2. The van der Waals surface area contributed by atoms with E-state index >= 15 is 0 Å². The maximum Gasteiger partial charge on any atom is 0.110 e. The Kier molecular flexibility index (Phi) is 2.37. The molecule has 1 aliphatic heterocycles. The van der Waals surface area contributed by atoms with E-state index in [0.29, 0.717) is 6.10 Å². The van der Waals surface area contributed by atoms with Gasteiger partial charge in [-0.3, -0.25) is 0 Å². The fourth-order valence-electron chi connectivity index (χ4n) is 2.40. The zero-order chi connectivity index (χ0) is 8.44. The summed E-state index contributed by atoms with van der Waals surface area (Å²) in [6, 6.07) is 0. The molecule has 2 heteroatoms. The minimum Gasteiger partial charge on any atom is -0.373 e. The van der Waals surface area contributed by atoms with Crippen LogP contribution in [0.1, 0.15) is 39.0 Å². The summed E-state index contributed by atoms with van der Waals surface area (Å²) in [7, 11) is 0. The Morgan fingerprint density at radius 3 is 2.58 bits per heavy atom. The van der Waals surface area contributed by atoms with E-state index in [1.54, 1.807) is 0 Å². The molecule has 12 heavy (non-hydrogen) atoms. The molecule has 0 bridgehead atoms. The molecule has 2 fully saturated rings. The van der Waals surface area contributed by atoms with Crippen LogP contribution in [0.5, 0.6) is 0 Å². The van der Waals surface area contributed by atoms with Gasteiger partial charge in [0, 0.05) is 6.61 Å². The molecule has 70 valence electrons. The smallest absolute Gasteiger partial charge is 0.110 e. The summed E-state index contributed by atoms with van der Waals surface area (Å²) in [5.41, 5.74) is 0.147. The van der Waals surface area contributed by atoms with E-state index in [4.69, 9.17) is 9.47 Å². The number of rotatable bonds is 2. The number of hydrogen-bond donors (Lipinski definition) is 0. The fraction of sp³-hybridized carbons (Fsp3) is 1.00. The van der Waals surface area contributed by atoms with Gasteiger partial charge in [-0.05, 0) is 19.8 Å². The molecule has 0 N–H and O–H groups in total. The van der Waals surface area contributed by atoms with E-state index in [9.17, 15) is 0 Å². The van der Waals surface area contributed by atoms with Crippen LogP contribution in [0.4, 0.5) is 0 Å². The third kappa shape index (κ3) is 1.27. The second-order valence-electron chi connectivity index (χ2n) is 3.88. The molecule has 1 saturated carbocycles. The molecule has 2 nitrogen and oxygen atoms in total. The van der Waals surface area contributed by atoms with Gasteiger partial charge in [0.05, 0.1) is 12.2 Å². The standard InChI is InChI=1S/C10H18O2/c1-2-11-9-8-12-10(9)6-4-3-5-7-10/h9H,2-8H2,1H3. The van der Waals surface area contributed by atoms with E-state index in [1.807, 2.05) is 0 Å². The fourth-order valence-corrected chi connectivity index (χ4v) is 2.40. The highest BCUT2D eigenvalue weighted by Crippen LogP contribution is 2.42. The lowest BCUT2D eigenvalue weighted by molar-refractivity contribution is -0.266. The van der Waals surface area contributed by atoms with Crippen LogP contribution in [0.15, 0.2) is 0 Å². The quantitative estimate of drug-likeness (QED) is 0.632. The first kappa shape index (κ1) is 8.52. The summed E-state index contributed by atoms with van der Waals surface area (Å²) in [5, 5.41) is 0. The predicted molar refractivity (Wildman–Crippen MR) is 47.2 cm³/mol. The summed E-state index contributed by atoms with van der Waals surface area (Å²) in [6.45, 7) is 3.72. The molecule has 2 aliphatic rings. The second-order valence-corrected chi connectivity index (χ2v) is 3.88. The van der Waals surface area contributed by atoms with Gasteiger partial charge < -0.3 is 9.47 Å². The van der Waals surface area contributed by atoms with Crippen LogP contribution in [0, 0.1) is 0 Å². The van der Waals surface area contributed by atoms with Gasteiger partial charge in [0.15, 0.2) is 0 Å². The van der Waals surface area contributed by atoms with Crippen LogP contribution in [-0.4, -0.2) is 24.9 Å². The van der Waals surface area contributed by atoms with E-state index in [2.05, 4.69) is 6.92 Å². The molecule has 0 aromatic rings. The Labute approximate surface area is 74.2 Å². The molecule has 0 radical (unpaired) electrons. The van der Waals surface area contributed by atoms with Crippen molar-refractivity contribution >= 4 is 0 Å². The Morgan fingerprint density at radius 1 is 1.33 bits per heavy atom. The number of hydrogen-bond acceptors (Lipinski definition) is 2. The third-order valence-electron chi connectivity index (χ3n) is 3.18. The van der Waals surface area contributed by atoms with Crippen molar-refractivity contribution in [3.63, 3.8) is 0 Å². The average Bonchev–Trinajstić information content (AvgIpc) is 2.14. The van der Waals surface area contributed by atoms with Gasteiger partial charge in [-0.15, -0.1) is 0 Å². The van der Waals surface area contributed by atoms with E-state index in [0.717, 1.165) is 13.2 Å². The molecule has 1 heterocycles. The maximum atomic E-state index is 5.70. The normalized spacial score (nSPS) is 33.2. The third-order valence-corrected chi connectivity index (χ3v) is 3.18. The lowest BCUT2D eigenvalue weighted by Gasteiger charge is -2.51. The highest BCUT2D eigenvalue weighted by atomic mass is 16.6. The molecule has 1 atom stereocenters. The molecule has 2 rings (SSSR count). The minimum atomic E-state index is 0.147. The van der Waals surface area contributed by atoms with Crippen molar-refractivity contribution in [2.45, 2.75) is 50.7 Å². The van der Waals surface area contributed by atoms with Gasteiger partial charge >= 0.3 is 0 Å². The summed E-state index contributed by atoms with van der Waals surface area (Å²) in [6.07, 6.45) is 6.87. The Bertz CT molecular complexity index is 150. The van der Waals surface area contributed by atoms with E-state index in [-0.39, 0.29) is 5.60 Å². The SMILES string of the molecule is CCOC1COC12CCCCC2. The largest absolute Gasteiger partial charge is 0.373 e. The van der Waals surface area contributed by atoms with Gasteiger partial charge in [-0.2, -0.15) is 0 Å². The summed E-state index contributed by atoms with van der Waals surface area (Å²) in [5.74, 6) is 0. The first-order valence-electron chi connectivity index (χ1n) is 5.13. The summed E-state index contributed by atoms with van der Waals surface area (Å²) in [4.78, 5) is 0. The van der Waals surface area contributed by atoms with Gasteiger partial charge in [0.2, 0.25) is 0 Å². The Hall–Kier alpha value is -0.0800. The van der Waals surface area contributed by atoms with Crippen LogP contribution < -0.4 is 0 Å². The average molecular weight is 170 g/mol. The first-order chi connectivity index (χ1) is 5.87. The van der Waals surface area contributed by atoms with Crippen LogP contribution in [0.25, 0.3) is 0 Å². The molecule has 1 spiro atoms. The molecule has 1 aliphatic carbocycles. The van der Waals surface area contributed by atoms with Gasteiger partial charge in [0.1, 0.15) is 6.10 Å². The lowest BCUT2D eigenvalue weighted by Crippen LogP contribution is -2.59.